The summed E-state index contributed by atoms with van der Waals surface area (Å²) in [7, 11) is 3.22. The minimum atomic E-state index is 0.166. The monoisotopic (exact) mass is 327 g/mol. The van der Waals surface area contributed by atoms with E-state index in [9.17, 15) is 0 Å². The Labute approximate surface area is 140 Å². The standard InChI is InChI=1S/C17H21N5O2/c1-10(7-12-8-11(2)21-22-12)20-17-13-5-6-14(23-3)16(24-4)15(13)18-9-19-17/h5-6,8-10H,7H2,1-4H3,(H,21,22)(H,18,19,20)/t10-/m0/s1. The summed E-state index contributed by atoms with van der Waals surface area (Å²) in [4.78, 5) is 8.72. The van der Waals surface area contributed by atoms with Crippen LogP contribution in [0, 0.1) is 6.92 Å². The molecule has 3 aromatic rings. The molecule has 1 atom stereocenters. The maximum atomic E-state index is 5.45. The predicted molar refractivity (Wildman–Crippen MR) is 92.8 cm³/mol. The first-order valence-corrected chi connectivity index (χ1v) is 7.75. The van der Waals surface area contributed by atoms with Crippen LogP contribution in [0.1, 0.15) is 18.3 Å². The van der Waals surface area contributed by atoms with E-state index in [2.05, 4.69) is 32.4 Å². The molecule has 0 saturated carbocycles. The maximum Gasteiger partial charge on any atom is 0.187 e. The van der Waals surface area contributed by atoms with E-state index in [0.717, 1.165) is 34.5 Å². The summed E-state index contributed by atoms with van der Waals surface area (Å²) >= 11 is 0. The fourth-order valence-electron chi connectivity index (χ4n) is 2.74. The number of aromatic amines is 1. The van der Waals surface area contributed by atoms with Crippen LogP contribution in [0.4, 0.5) is 5.82 Å². The number of benzene rings is 1. The van der Waals surface area contributed by atoms with Gasteiger partial charge in [0.15, 0.2) is 11.5 Å². The third-order valence-electron chi connectivity index (χ3n) is 3.81. The van der Waals surface area contributed by atoms with Crippen molar-refractivity contribution >= 4 is 16.7 Å². The number of aromatic nitrogens is 4. The molecule has 0 aliphatic rings. The van der Waals surface area contributed by atoms with E-state index in [1.807, 2.05) is 25.1 Å². The molecule has 1 aromatic carbocycles. The van der Waals surface area contributed by atoms with Crippen LogP contribution in [0.5, 0.6) is 11.5 Å². The summed E-state index contributed by atoms with van der Waals surface area (Å²) in [5.74, 6) is 2.02. The normalized spacial score (nSPS) is 12.2. The van der Waals surface area contributed by atoms with Crippen LogP contribution < -0.4 is 14.8 Å². The van der Waals surface area contributed by atoms with E-state index in [1.165, 1.54) is 6.33 Å². The molecule has 3 rings (SSSR count). The number of ether oxygens (including phenoxy) is 2. The fraction of sp³-hybridized carbons (Fsp3) is 0.353. The van der Waals surface area contributed by atoms with Gasteiger partial charge in [0.2, 0.25) is 0 Å². The molecule has 24 heavy (non-hydrogen) atoms. The van der Waals surface area contributed by atoms with Crippen molar-refractivity contribution in [3.8, 4) is 11.5 Å². The maximum absolute atomic E-state index is 5.45. The molecule has 0 amide bonds. The SMILES string of the molecule is COc1ccc2c(N[C@@H](C)Cc3cc(C)[nH]n3)ncnc2c1OC. The van der Waals surface area contributed by atoms with Gasteiger partial charge in [0.05, 0.1) is 19.9 Å². The zero-order valence-corrected chi connectivity index (χ0v) is 14.3. The number of anilines is 1. The molecule has 0 bridgehead atoms. The second-order valence-corrected chi connectivity index (χ2v) is 5.71. The molecule has 0 saturated heterocycles. The number of nitrogens with one attached hydrogen (secondary N) is 2. The van der Waals surface area contributed by atoms with E-state index in [4.69, 9.17) is 9.47 Å². The summed E-state index contributed by atoms with van der Waals surface area (Å²) < 4.78 is 10.8. The molecule has 0 spiro atoms. The van der Waals surface area contributed by atoms with E-state index >= 15 is 0 Å². The summed E-state index contributed by atoms with van der Waals surface area (Å²) in [6, 6.07) is 6.00. The third kappa shape index (κ3) is 3.10. The number of rotatable bonds is 6. The molecule has 0 aliphatic carbocycles. The lowest BCUT2D eigenvalue weighted by atomic mass is 10.1. The highest BCUT2D eigenvalue weighted by Crippen LogP contribution is 2.36. The van der Waals surface area contributed by atoms with Gasteiger partial charge in [0.1, 0.15) is 17.7 Å². The number of methoxy groups -OCH3 is 2. The summed E-state index contributed by atoms with van der Waals surface area (Å²) in [5.41, 5.74) is 2.80. The Kier molecular flexibility index (Phi) is 4.50. The molecule has 126 valence electrons. The molecule has 2 heterocycles. The molecule has 0 aliphatic heterocycles. The van der Waals surface area contributed by atoms with Crippen LogP contribution in [-0.2, 0) is 6.42 Å². The first-order valence-electron chi connectivity index (χ1n) is 7.75. The van der Waals surface area contributed by atoms with Crippen LogP contribution in [0.15, 0.2) is 24.5 Å². The number of fused-ring (bicyclic) bond motifs is 1. The highest BCUT2D eigenvalue weighted by molar-refractivity contribution is 5.94. The average molecular weight is 327 g/mol. The van der Waals surface area contributed by atoms with Crippen LogP contribution in [0.3, 0.4) is 0 Å². The summed E-state index contributed by atoms with van der Waals surface area (Å²) in [6.07, 6.45) is 2.32. The van der Waals surface area contributed by atoms with E-state index < -0.39 is 0 Å². The van der Waals surface area contributed by atoms with Gasteiger partial charge in [-0.25, -0.2) is 9.97 Å². The Morgan fingerprint density at radius 3 is 2.71 bits per heavy atom. The molecule has 0 unspecified atom stereocenters. The number of hydrogen-bond donors (Lipinski definition) is 2. The Morgan fingerprint density at radius 1 is 1.21 bits per heavy atom. The van der Waals surface area contributed by atoms with Crippen molar-refractivity contribution in [2.75, 3.05) is 19.5 Å². The number of H-pyrrole nitrogens is 1. The lowest BCUT2D eigenvalue weighted by molar-refractivity contribution is 0.358. The number of nitrogens with zero attached hydrogens (tertiary/aromatic N) is 3. The molecule has 7 heteroatoms. The Morgan fingerprint density at radius 2 is 2.04 bits per heavy atom. The molecule has 2 aromatic heterocycles. The first-order chi connectivity index (χ1) is 11.6. The third-order valence-corrected chi connectivity index (χ3v) is 3.81. The Hall–Kier alpha value is -2.83. The molecule has 0 radical (unpaired) electrons. The van der Waals surface area contributed by atoms with Gasteiger partial charge in [0.25, 0.3) is 0 Å². The molecule has 2 N–H and O–H groups in total. The van der Waals surface area contributed by atoms with Gasteiger partial charge in [-0.2, -0.15) is 5.10 Å². The first kappa shape index (κ1) is 16.0. The van der Waals surface area contributed by atoms with Crippen LogP contribution in [0.2, 0.25) is 0 Å². The second kappa shape index (κ2) is 6.74. The minimum absolute atomic E-state index is 0.166. The van der Waals surface area contributed by atoms with Gasteiger partial charge in [-0.1, -0.05) is 0 Å². The average Bonchev–Trinajstić information content (AvgIpc) is 2.98. The van der Waals surface area contributed by atoms with Crippen molar-refractivity contribution in [1.82, 2.24) is 20.2 Å². The largest absolute Gasteiger partial charge is 0.493 e. The smallest absolute Gasteiger partial charge is 0.187 e. The van der Waals surface area contributed by atoms with E-state index in [-0.39, 0.29) is 6.04 Å². The van der Waals surface area contributed by atoms with Crippen LogP contribution >= 0.6 is 0 Å². The van der Waals surface area contributed by atoms with Gasteiger partial charge in [-0.3, -0.25) is 5.10 Å². The quantitative estimate of drug-likeness (QED) is 0.724. The molecular weight excluding hydrogens is 306 g/mol. The van der Waals surface area contributed by atoms with Gasteiger partial charge >= 0.3 is 0 Å². The second-order valence-electron chi connectivity index (χ2n) is 5.71. The van der Waals surface area contributed by atoms with Crippen molar-refractivity contribution in [1.29, 1.82) is 0 Å². The lowest BCUT2D eigenvalue weighted by Crippen LogP contribution is -2.19. The van der Waals surface area contributed by atoms with Crippen molar-refractivity contribution in [2.24, 2.45) is 0 Å². The van der Waals surface area contributed by atoms with Crippen molar-refractivity contribution in [3.63, 3.8) is 0 Å². The van der Waals surface area contributed by atoms with Gasteiger partial charge in [-0.05, 0) is 32.0 Å². The van der Waals surface area contributed by atoms with E-state index in [1.54, 1.807) is 14.2 Å². The van der Waals surface area contributed by atoms with Gasteiger partial charge < -0.3 is 14.8 Å². The molecular formula is C17H21N5O2. The Bertz CT molecular complexity index is 846. The fourth-order valence-corrected chi connectivity index (χ4v) is 2.74. The predicted octanol–water partition coefficient (Wildman–Crippen LogP) is 2.72. The highest BCUT2D eigenvalue weighted by atomic mass is 16.5. The lowest BCUT2D eigenvalue weighted by Gasteiger charge is -2.16. The zero-order chi connectivity index (χ0) is 17.1. The number of aryl methyl sites for hydroxylation is 1. The minimum Gasteiger partial charge on any atom is -0.493 e. The topological polar surface area (TPSA) is 85.0 Å². The molecule has 0 fully saturated rings. The summed E-state index contributed by atoms with van der Waals surface area (Å²) in [6.45, 7) is 4.09. The van der Waals surface area contributed by atoms with Crippen molar-refractivity contribution in [3.05, 3.63) is 35.9 Å². The number of hydrogen-bond acceptors (Lipinski definition) is 6. The Balaban J connectivity index is 1.89. The van der Waals surface area contributed by atoms with Crippen LogP contribution in [-0.4, -0.2) is 40.4 Å². The van der Waals surface area contributed by atoms with Gasteiger partial charge in [0, 0.05) is 23.5 Å². The van der Waals surface area contributed by atoms with Gasteiger partial charge in [-0.15, -0.1) is 0 Å². The summed E-state index contributed by atoms with van der Waals surface area (Å²) in [5, 5.41) is 11.6. The van der Waals surface area contributed by atoms with Crippen molar-refractivity contribution < 1.29 is 9.47 Å². The molecule has 7 nitrogen and oxygen atoms in total. The van der Waals surface area contributed by atoms with E-state index in [0.29, 0.717) is 11.5 Å². The zero-order valence-electron chi connectivity index (χ0n) is 14.3. The highest BCUT2D eigenvalue weighted by Gasteiger charge is 2.15. The van der Waals surface area contributed by atoms with Crippen molar-refractivity contribution in [2.45, 2.75) is 26.3 Å². The van der Waals surface area contributed by atoms with Crippen LogP contribution in [0.25, 0.3) is 10.9 Å².